The van der Waals surface area contributed by atoms with Crippen molar-refractivity contribution in [1.82, 2.24) is 24.3 Å². The van der Waals surface area contributed by atoms with E-state index in [-0.39, 0.29) is 40.5 Å². The van der Waals surface area contributed by atoms with Crippen molar-refractivity contribution in [3.63, 3.8) is 0 Å². The number of fused-ring (bicyclic) bond motifs is 1. The molecule has 0 spiro atoms. The van der Waals surface area contributed by atoms with Crippen molar-refractivity contribution in [2.45, 2.75) is 20.0 Å². The van der Waals surface area contributed by atoms with Crippen LogP contribution in [0.2, 0.25) is 0 Å². The average Bonchev–Trinajstić information content (AvgIpc) is 3.20. The smallest absolute Gasteiger partial charge is 0.258 e. The lowest BCUT2D eigenvalue weighted by Gasteiger charge is -2.11. The minimum Gasteiger partial charge on any atom is -0.491 e. The normalized spacial score (nSPS) is 11.2. The zero-order valence-corrected chi connectivity index (χ0v) is 16.0. The van der Waals surface area contributed by atoms with Gasteiger partial charge in [-0.2, -0.15) is 4.98 Å². The van der Waals surface area contributed by atoms with E-state index in [0.717, 1.165) is 12.1 Å². The van der Waals surface area contributed by atoms with Crippen LogP contribution < -0.4 is 4.74 Å². The highest BCUT2D eigenvalue weighted by Crippen LogP contribution is 2.30. The number of aromatic hydroxyl groups is 1. The second-order valence-electron chi connectivity index (χ2n) is 6.58. The zero-order valence-electron chi connectivity index (χ0n) is 16.0. The van der Waals surface area contributed by atoms with E-state index in [0.29, 0.717) is 11.3 Å². The minimum absolute atomic E-state index is 0.0461. The van der Waals surface area contributed by atoms with E-state index in [4.69, 9.17) is 4.74 Å². The standard InChI is InChI=1S/C20H16F3N5O2/c1-10-5-13(23)11(6-12(10)22)7-14-19-24-3-4-28(19)9-16(25-14)18-26-15(8-21)17(30-2)20(29)27-18/h3-6,9H,7-8H2,1-2H3,(H,26,27,29). The molecule has 10 heteroatoms. The molecular weight excluding hydrogens is 399 g/mol. The summed E-state index contributed by atoms with van der Waals surface area (Å²) < 4.78 is 48.2. The monoisotopic (exact) mass is 415 g/mol. The maximum atomic E-state index is 14.4. The van der Waals surface area contributed by atoms with Crippen LogP contribution in [0.4, 0.5) is 13.2 Å². The lowest BCUT2D eigenvalue weighted by atomic mass is 10.1. The van der Waals surface area contributed by atoms with Crippen LogP contribution >= 0.6 is 0 Å². The molecule has 0 atom stereocenters. The van der Waals surface area contributed by atoms with Crippen molar-refractivity contribution in [1.29, 1.82) is 0 Å². The largest absolute Gasteiger partial charge is 0.491 e. The maximum absolute atomic E-state index is 14.4. The van der Waals surface area contributed by atoms with Crippen molar-refractivity contribution in [3.05, 3.63) is 64.9 Å². The van der Waals surface area contributed by atoms with Crippen LogP contribution in [0.25, 0.3) is 17.2 Å². The molecule has 1 N–H and O–H groups in total. The molecule has 0 aliphatic carbocycles. The third-order valence-corrected chi connectivity index (χ3v) is 4.61. The minimum atomic E-state index is -0.986. The summed E-state index contributed by atoms with van der Waals surface area (Å²) in [4.78, 5) is 16.6. The summed E-state index contributed by atoms with van der Waals surface area (Å²) in [6.07, 6.45) is 4.65. The summed E-state index contributed by atoms with van der Waals surface area (Å²) in [5.41, 5.74) is 1.13. The van der Waals surface area contributed by atoms with Gasteiger partial charge in [0.05, 0.1) is 12.8 Å². The Balaban J connectivity index is 1.85. The molecule has 1 aromatic carbocycles. The van der Waals surface area contributed by atoms with E-state index in [2.05, 4.69) is 19.9 Å². The second kappa shape index (κ2) is 7.62. The number of halogens is 3. The predicted molar refractivity (Wildman–Crippen MR) is 101 cm³/mol. The number of alkyl halides is 1. The van der Waals surface area contributed by atoms with Gasteiger partial charge in [-0.1, -0.05) is 0 Å². The SMILES string of the molecule is COc1c(O)nc(-c2cn3ccnc3c(Cc3cc(F)c(C)cc3F)n2)nc1CF. The molecule has 0 aliphatic heterocycles. The molecule has 0 amide bonds. The van der Waals surface area contributed by atoms with Crippen LogP contribution in [0.3, 0.4) is 0 Å². The number of imidazole rings is 1. The first-order valence-corrected chi connectivity index (χ1v) is 8.88. The third kappa shape index (κ3) is 3.40. The van der Waals surface area contributed by atoms with Crippen LogP contribution in [0, 0.1) is 18.6 Å². The van der Waals surface area contributed by atoms with Crippen molar-refractivity contribution >= 4 is 5.65 Å². The van der Waals surface area contributed by atoms with E-state index in [1.165, 1.54) is 20.2 Å². The first kappa shape index (κ1) is 19.6. The van der Waals surface area contributed by atoms with E-state index < -0.39 is 24.2 Å². The Morgan fingerprint density at radius 1 is 1.10 bits per heavy atom. The molecule has 0 saturated carbocycles. The van der Waals surface area contributed by atoms with Crippen molar-refractivity contribution in [3.8, 4) is 23.1 Å². The molecule has 30 heavy (non-hydrogen) atoms. The number of methoxy groups -OCH3 is 1. The van der Waals surface area contributed by atoms with Crippen LogP contribution in [0.15, 0.2) is 30.7 Å². The van der Waals surface area contributed by atoms with Crippen molar-refractivity contribution in [2.24, 2.45) is 0 Å². The molecule has 0 unspecified atom stereocenters. The molecule has 154 valence electrons. The fourth-order valence-electron chi connectivity index (χ4n) is 3.12. The van der Waals surface area contributed by atoms with Crippen LogP contribution in [0.5, 0.6) is 11.6 Å². The first-order chi connectivity index (χ1) is 14.4. The maximum Gasteiger partial charge on any atom is 0.258 e. The Kier molecular flexibility index (Phi) is 4.98. The average molecular weight is 415 g/mol. The molecule has 3 aromatic heterocycles. The van der Waals surface area contributed by atoms with Crippen LogP contribution in [-0.2, 0) is 13.1 Å². The van der Waals surface area contributed by atoms with E-state index in [1.54, 1.807) is 16.8 Å². The Hall–Kier alpha value is -3.69. The highest BCUT2D eigenvalue weighted by molar-refractivity contribution is 5.57. The van der Waals surface area contributed by atoms with Gasteiger partial charge in [-0.05, 0) is 30.2 Å². The number of nitrogens with zero attached hydrogens (tertiary/aromatic N) is 5. The number of aryl methyl sites for hydroxylation is 1. The number of rotatable bonds is 5. The summed E-state index contributed by atoms with van der Waals surface area (Å²) in [5, 5.41) is 10.1. The van der Waals surface area contributed by atoms with Crippen LogP contribution in [-0.4, -0.2) is 36.6 Å². The number of aromatic nitrogens is 5. The van der Waals surface area contributed by atoms with Gasteiger partial charge in [-0.3, -0.25) is 0 Å². The highest BCUT2D eigenvalue weighted by Gasteiger charge is 2.19. The summed E-state index contributed by atoms with van der Waals surface area (Å²) in [5.74, 6) is -1.84. The first-order valence-electron chi connectivity index (χ1n) is 8.88. The molecule has 4 aromatic rings. The molecule has 7 nitrogen and oxygen atoms in total. The van der Waals surface area contributed by atoms with Gasteiger partial charge in [-0.15, -0.1) is 0 Å². The lowest BCUT2D eigenvalue weighted by molar-refractivity contribution is 0.345. The highest BCUT2D eigenvalue weighted by atomic mass is 19.1. The van der Waals surface area contributed by atoms with Gasteiger partial charge in [0, 0.05) is 25.0 Å². The molecule has 0 saturated heterocycles. The topological polar surface area (TPSA) is 85.4 Å². The number of hydrogen-bond donors (Lipinski definition) is 1. The fourth-order valence-corrected chi connectivity index (χ4v) is 3.12. The molecule has 0 aliphatic rings. The quantitative estimate of drug-likeness (QED) is 0.537. The molecule has 4 rings (SSSR count). The van der Waals surface area contributed by atoms with Gasteiger partial charge in [0.1, 0.15) is 29.7 Å². The summed E-state index contributed by atoms with van der Waals surface area (Å²) in [6, 6.07) is 2.24. The summed E-state index contributed by atoms with van der Waals surface area (Å²) in [7, 11) is 1.26. The number of ether oxygens (including phenoxy) is 1. The van der Waals surface area contributed by atoms with Gasteiger partial charge >= 0.3 is 0 Å². The van der Waals surface area contributed by atoms with Crippen molar-refractivity contribution in [2.75, 3.05) is 7.11 Å². The van der Waals surface area contributed by atoms with E-state index in [1.807, 2.05) is 0 Å². The molecular formula is C20H16F3N5O2. The zero-order chi connectivity index (χ0) is 21.4. The summed E-state index contributed by atoms with van der Waals surface area (Å²) >= 11 is 0. The number of benzene rings is 1. The van der Waals surface area contributed by atoms with Gasteiger partial charge < -0.3 is 14.2 Å². The lowest BCUT2D eigenvalue weighted by Crippen LogP contribution is -2.05. The Morgan fingerprint density at radius 3 is 2.63 bits per heavy atom. The predicted octanol–water partition coefficient (Wildman–Crippen LogP) is 3.55. The fraction of sp³-hybridized carbons (Fsp3) is 0.200. The number of hydrogen-bond acceptors (Lipinski definition) is 6. The van der Waals surface area contributed by atoms with E-state index in [9.17, 15) is 18.3 Å². The summed E-state index contributed by atoms with van der Waals surface area (Å²) in [6.45, 7) is 0.490. The van der Waals surface area contributed by atoms with Crippen molar-refractivity contribution < 1.29 is 23.0 Å². The van der Waals surface area contributed by atoms with Crippen LogP contribution in [0.1, 0.15) is 22.5 Å². The Morgan fingerprint density at radius 2 is 1.90 bits per heavy atom. The van der Waals surface area contributed by atoms with Gasteiger partial charge in [0.2, 0.25) is 5.75 Å². The van der Waals surface area contributed by atoms with Gasteiger partial charge in [0.15, 0.2) is 11.5 Å². The third-order valence-electron chi connectivity index (χ3n) is 4.61. The molecule has 0 fully saturated rings. The second-order valence-corrected chi connectivity index (χ2v) is 6.58. The molecule has 0 radical (unpaired) electrons. The van der Waals surface area contributed by atoms with E-state index >= 15 is 0 Å². The molecule has 0 bridgehead atoms. The van der Waals surface area contributed by atoms with Gasteiger partial charge in [0.25, 0.3) is 5.88 Å². The molecule has 3 heterocycles. The van der Waals surface area contributed by atoms with Gasteiger partial charge in [-0.25, -0.2) is 28.1 Å². The Labute approximate surface area is 168 Å². The Bertz CT molecular complexity index is 1260.